The van der Waals surface area contributed by atoms with Crippen molar-refractivity contribution in [3.8, 4) is 0 Å². The molecule has 0 aliphatic carbocycles. The van der Waals surface area contributed by atoms with Gasteiger partial charge in [0.15, 0.2) is 0 Å². The van der Waals surface area contributed by atoms with Crippen molar-refractivity contribution in [2.75, 3.05) is 32.8 Å². The summed E-state index contributed by atoms with van der Waals surface area (Å²) >= 11 is 0. The number of ether oxygens (including phenoxy) is 1. The highest BCUT2D eigenvalue weighted by molar-refractivity contribution is 5.68. The molecular formula is C17H36N2O3. The van der Waals surface area contributed by atoms with E-state index in [9.17, 15) is 9.90 Å². The van der Waals surface area contributed by atoms with Gasteiger partial charge < -0.3 is 20.1 Å². The van der Waals surface area contributed by atoms with E-state index < -0.39 is 5.60 Å². The summed E-state index contributed by atoms with van der Waals surface area (Å²) in [4.78, 5) is 13.7. The summed E-state index contributed by atoms with van der Waals surface area (Å²) in [6, 6.07) is 0. The van der Waals surface area contributed by atoms with Crippen LogP contribution in [-0.2, 0) is 4.74 Å². The van der Waals surface area contributed by atoms with Crippen molar-refractivity contribution in [1.29, 1.82) is 0 Å². The normalized spacial score (nSPS) is 12.3. The Morgan fingerprint density at radius 2 is 1.77 bits per heavy atom. The minimum absolute atomic E-state index is 0.0182. The molecule has 0 aromatic heterocycles. The molecule has 0 bridgehead atoms. The summed E-state index contributed by atoms with van der Waals surface area (Å²) in [5.74, 6) is 0. The fraction of sp³-hybridized carbons (Fsp3) is 0.941. The Kier molecular flexibility index (Phi) is 9.69. The van der Waals surface area contributed by atoms with Gasteiger partial charge in [-0.3, -0.25) is 0 Å². The lowest BCUT2D eigenvalue weighted by molar-refractivity contribution is 0.0258. The molecule has 0 atom stereocenters. The van der Waals surface area contributed by atoms with Crippen LogP contribution in [0.3, 0.4) is 0 Å². The van der Waals surface area contributed by atoms with E-state index in [2.05, 4.69) is 19.2 Å². The Bertz CT molecular complexity index is 301. The van der Waals surface area contributed by atoms with Crippen molar-refractivity contribution in [3.05, 3.63) is 0 Å². The van der Waals surface area contributed by atoms with Crippen LogP contribution in [0.1, 0.15) is 60.8 Å². The number of carbonyl (C=O) groups excluding carboxylic acids is 1. The lowest BCUT2D eigenvalue weighted by atomic mass is 9.83. The fourth-order valence-electron chi connectivity index (χ4n) is 2.23. The van der Waals surface area contributed by atoms with Crippen LogP contribution in [0.25, 0.3) is 0 Å². The van der Waals surface area contributed by atoms with Gasteiger partial charge in [0.25, 0.3) is 0 Å². The lowest BCUT2D eigenvalue weighted by Crippen LogP contribution is -2.40. The molecule has 0 saturated carbocycles. The van der Waals surface area contributed by atoms with Gasteiger partial charge in [0, 0.05) is 31.7 Å². The molecule has 0 aliphatic rings. The number of amides is 1. The van der Waals surface area contributed by atoms with E-state index in [1.165, 1.54) is 0 Å². The predicted molar refractivity (Wildman–Crippen MR) is 91.1 cm³/mol. The summed E-state index contributed by atoms with van der Waals surface area (Å²) in [6.45, 7) is 15.0. The summed E-state index contributed by atoms with van der Waals surface area (Å²) < 4.78 is 5.39. The van der Waals surface area contributed by atoms with Crippen molar-refractivity contribution >= 4 is 6.09 Å². The summed E-state index contributed by atoms with van der Waals surface area (Å²) in [7, 11) is 0. The van der Waals surface area contributed by atoms with Crippen molar-refractivity contribution in [3.63, 3.8) is 0 Å². The van der Waals surface area contributed by atoms with Gasteiger partial charge in [0.05, 0.1) is 0 Å². The van der Waals surface area contributed by atoms with Gasteiger partial charge in [-0.1, -0.05) is 13.8 Å². The Hall–Kier alpha value is -0.810. The van der Waals surface area contributed by atoms with Crippen molar-refractivity contribution < 1.29 is 14.6 Å². The first-order valence-corrected chi connectivity index (χ1v) is 8.53. The molecule has 5 nitrogen and oxygen atoms in total. The highest BCUT2D eigenvalue weighted by atomic mass is 16.6. The first kappa shape index (κ1) is 21.2. The maximum atomic E-state index is 12.0. The molecule has 2 N–H and O–H groups in total. The van der Waals surface area contributed by atoms with Gasteiger partial charge in [-0.05, 0) is 53.5 Å². The Balaban J connectivity index is 4.09. The molecule has 0 radical (unpaired) electrons. The van der Waals surface area contributed by atoms with E-state index >= 15 is 0 Å². The molecule has 5 heteroatoms. The topological polar surface area (TPSA) is 61.8 Å². The van der Waals surface area contributed by atoms with Gasteiger partial charge in [0.1, 0.15) is 5.60 Å². The van der Waals surface area contributed by atoms with E-state index in [0.29, 0.717) is 13.1 Å². The van der Waals surface area contributed by atoms with Gasteiger partial charge in [-0.15, -0.1) is 0 Å². The number of nitrogens with zero attached hydrogens (tertiary/aromatic N) is 1. The van der Waals surface area contributed by atoms with Crippen LogP contribution in [0.4, 0.5) is 4.79 Å². The van der Waals surface area contributed by atoms with E-state index in [-0.39, 0.29) is 18.1 Å². The van der Waals surface area contributed by atoms with Crippen LogP contribution in [-0.4, -0.2) is 54.5 Å². The van der Waals surface area contributed by atoms with Gasteiger partial charge in [-0.2, -0.15) is 0 Å². The molecule has 0 spiro atoms. The quantitative estimate of drug-likeness (QED) is 0.608. The highest BCUT2D eigenvalue weighted by Crippen LogP contribution is 2.24. The smallest absolute Gasteiger partial charge is 0.410 e. The Morgan fingerprint density at radius 3 is 2.18 bits per heavy atom. The number of carbonyl (C=O) groups is 1. The van der Waals surface area contributed by atoms with E-state index in [1.807, 2.05) is 27.7 Å². The molecular weight excluding hydrogens is 280 g/mol. The second-order valence-electron chi connectivity index (χ2n) is 6.96. The van der Waals surface area contributed by atoms with E-state index in [4.69, 9.17) is 4.74 Å². The molecule has 1 amide bonds. The fourth-order valence-corrected chi connectivity index (χ4v) is 2.23. The summed E-state index contributed by atoms with van der Waals surface area (Å²) in [5, 5.41) is 12.9. The number of aliphatic hydroxyl groups excluding tert-OH is 1. The van der Waals surface area contributed by atoms with Crippen LogP contribution < -0.4 is 5.32 Å². The third-order valence-electron chi connectivity index (χ3n) is 4.15. The standard InChI is InChI=1S/C17H36N2O3/c1-7-17(8-2,14-20)13-18-11-10-12-19(9-3)15(21)22-16(4,5)6/h18,20H,7-14H2,1-6H3. The highest BCUT2D eigenvalue weighted by Gasteiger charge is 2.24. The van der Waals surface area contributed by atoms with Gasteiger partial charge in [0.2, 0.25) is 0 Å². The molecule has 0 saturated heterocycles. The average Bonchev–Trinajstić information content (AvgIpc) is 2.45. The molecule has 0 rings (SSSR count). The first-order chi connectivity index (χ1) is 10.2. The van der Waals surface area contributed by atoms with Crippen molar-refractivity contribution in [2.24, 2.45) is 5.41 Å². The van der Waals surface area contributed by atoms with Gasteiger partial charge in [-0.25, -0.2) is 4.79 Å². The average molecular weight is 316 g/mol. The number of hydrogen-bond donors (Lipinski definition) is 2. The summed E-state index contributed by atoms with van der Waals surface area (Å²) in [5.41, 5.74) is -0.471. The summed E-state index contributed by atoms with van der Waals surface area (Å²) in [6.07, 6.45) is 2.56. The molecule has 0 fully saturated rings. The zero-order valence-electron chi connectivity index (χ0n) is 15.4. The number of nitrogens with one attached hydrogen (secondary N) is 1. The minimum atomic E-state index is -0.453. The van der Waals surface area contributed by atoms with E-state index in [1.54, 1.807) is 4.90 Å². The maximum Gasteiger partial charge on any atom is 0.410 e. The minimum Gasteiger partial charge on any atom is -0.444 e. The largest absolute Gasteiger partial charge is 0.444 e. The van der Waals surface area contributed by atoms with E-state index in [0.717, 1.165) is 32.4 Å². The van der Waals surface area contributed by atoms with Crippen LogP contribution in [0.15, 0.2) is 0 Å². The van der Waals surface area contributed by atoms with Crippen molar-refractivity contribution in [2.45, 2.75) is 66.4 Å². The molecule has 22 heavy (non-hydrogen) atoms. The van der Waals surface area contributed by atoms with Crippen LogP contribution >= 0.6 is 0 Å². The zero-order chi connectivity index (χ0) is 17.2. The lowest BCUT2D eigenvalue weighted by Gasteiger charge is -2.30. The number of aliphatic hydroxyl groups is 1. The first-order valence-electron chi connectivity index (χ1n) is 8.53. The molecule has 132 valence electrons. The van der Waals surface area contributed by atoms with Gasteiger partial charge >= 0.3 is 6.09 Å². The van der Waals surface area contributed by atoms with Crippen LogP contribution in [0.2, 0.25) is 0 Å². The maximum absolute atomic E-state index is 12.0. The predicted octanol–water partition coefficient (Wildman–Crippen LogP) is 3.02. The molecule has 0 aromatic rings. The molecule has 0 aromatic carbocycles. The molecule has 0 unspecified atom stereocenters. The molecule has 0 heterocycles. The second kappa shape index (κ2) is 10.1. The Labute approximate surface area is 136 Å². The third kappa shape index (κ3) is 7.99. The van der Waals surface area contributed by atoms with Crippen LogP contribution in [0, 0.1) is 5.41 Å². The third-order valence-corrected chi connectivity index (χ3v) is 4.15. The number of rotatable bonds is 10. The second-order valence-corrected chi connectivity index (χ2v) is 6.96. The van der Waals surface area contributed by atoms with Crippen molar-refractivity contribution in [1.82, 2.24) is 10.2 Å². The van der Waals surface area contributed by atoms with Crippen LogP contribution in [0.5, 0.6) is 0 Å². The monoisotopic (exact) mass is 316 g/mol. The number of hydrogen-bond acceptors (Lipinski definition) is 4. The SMILES string of the molecule is CCN(CCCNCC(CC)(CC)CO)C(=O)OC(C)(C)C. The molecule has 0 aliphatic heterocycles. The Morgan fingerprint density at radius 1 is 1.18 bits per heavy atom. The zero-order valence-corrected chi connectivity index (χ0v) is 15.4.